The molecule has 1 amide bonds. The molecule has 0 saturated carbocycles. The standard InChI is InChI=1S/C18H20N2O3/c1-22-17-5-2-4-15(14-17)19-9-11-20(12-10-19)18(21)8-7-16-6-3-13-23-16/h2-8,13-14H,9-12H2,1H3/b8-7+. The lowest BCUT2D eigenvalue weighted by molar-refractivity contribution is -0.126. The summed E-state index contributed by atoms with van der Waals surface area (Å²) in [6.45, 7) is 3.04. The molecule has 2 heterocycles. The molecule has 2 aromatic rings. The number of anilines is 1. The first-order valence-corrected chi connectivity index (χ1v) is 7.66. The maximum absolute atomic E-state index is 12.2. The summed E-state index contributed by atoms with van der Waals surface area (Å²) in [6, 6.07) is 11.6. The van der Waals surface area contributed by atoms with Crippen molar-refractivity contribution in [3.8, 4) is 5.75 Å². The van der Waals surface area contributed by atoms with Crippen LogP contribution in [0.4, 0.5) is 5.69 Å². The Bertz CT molecular complexity index is 671. The van der Waals surface area contributed by atoms with E-state index < -0.39 is 0 Å². The fraction of sp³-hybridized carbons (Fsp3) is 0.278. The molecule has 120 valence electrons. The molecule has 1 aliphatic heterocycles. The Morgan fingerprint density at radius 2 is 2.00 bits per heavy atom. The van der Waals surface area contributed by atoms with Gasteiger partial charge in [-0.2, -0.15) is 0 Å². The molecule has 1 aromatic heterocycles. The van der Waals surface area contributed by atoms with Gasteiger partial charge < -0.3 is 19.0 Å². The molecule has 23 heavy (non-hydrogen) atoms. The first-order valence-electron chi connectivity index (χ1n) is 7.66. The summed E-state index contributed by atoms with van der Waals surface area (Å²) >= 11 is 0. The van der Waals surface area contributed by atoms with Gasteiger partial charge in [0.05, 0.1) is 13.4 Å². The lowest BCUT2D eigenvalue weighted by Gasteiger charge is -2.35. The van der Waals surface area contributed by atoms with Gasteiger partial charge in [-0.15, -0.1) is 0 Å². The predicted molar refractivity (Wildman–Crippen MR) is 89.5 cm³/mol. The smallest absolute Gasteiger partial charge is 0.246 e. The van der Waals surface area contributed by atoms with Gasteiger partial charge in [-0.25, -0.2) is 0 Å². The van der Waals surface area contributed by atoms with Gasteiger partial charge in [0.15, 0.2) is 0 Å². The molecule has 0 spiro atoms. The van der Waals surface area contributed by atoms with Crippen LogP contribution < -0.4 is 9.64 Å². The summed E-state index contributed by atoms with van der Waals surface area (Å²) in [4.78, 5) is 16.3. The summed E-state index contributed by atoms with van der Waals surface area (Å²) in [5.41, 5.74) is 1.13. The van der Waals surface area contributed by atoms with Gasteiger partial charge in [-0.1, -0.05) is 6.07 Å². The molecule has 0 radical (unpaired) electrons. The maximum atomic E-state index is 12.2. The van der Waals surface area contributed by atoms with Crippen LogP contribution in [0.2, 0.25) is 0 Å². The number of hydrogen-bond acceptors (Lipinski definition) is 4. The highest BCUT2D eigenvalue weighted by molar-refractivity contribution is 5.91. The third kappa shape index (κ3) is 3.74. The van der Waals surface area contributed by atoms with Crippen LogP contribution in [0.3, 0.4) is 0 Å². The van der Waals surface area contributed by atoms with Crippen LogP contribution in [0, 0.1) is 0 Å². The minimum Gasteiger partial charge on any atom is -0.497 e. The molecule has 1 aliphatic rings. The fourth-order valence-corrected chi connectivity index (χ4v) is 2.64. The van der Waals surface area contributed by atoms with Gasteiger partial charge in [0, 0.05) is 44.0 Å². The van der Waals surface area contributed by atoms with E-state index in [1.165, 1.54) is 0 Å². The zero-order valence-corrected chi connectivity index (χ0v) is 13.1. The van der Waals surface area contributed by atoms with Crippen LogP contribution in [0.15, 0.2) is 53.2 Å². The minimum absolute atomic E-state index is 0.0201. The van der Waals surface area contributed by atoms with Crippen molar-refractivity contribution in [2.75, 3.05) is 38.2 Å². The average Bonchev–Trinajstić information content (AvgIpc) is 3.13. The molecule has 0 N–H and O–H groups in total. The molecule has 5 nitrogen and oxygen atoms in total. The van der Waals surface area contributed by atoms with Gasteiger partial charge in [-0.3, -0.25) is 4.79 Å². The van der Waals surface area contributed by atoms with Crippen molar-refractivity contribution in [2.24, 2.45) is 0 Å². The molecule has 1 fully saturated rings. The highest BCUT2D eigenvalue weighted by atomic mass is 16.5. The Hall–Kier alpha value is -2.69. The van der Waals surface area contributed by atoms with E-state index in [0.717, 1.165) is 24.5 Å². The number of benzene rings is 1. The van der Waals surface area contributed by atoms with Crippen molar-refractivity contribution in [3.63, 3.8) is 0 Å². The van der Waals surface area contributed by atoms with Crippen LogP contribution in [-0.4, -0.2) is 44.1 Å². The number of nitrogens with zero attached hydrogens (tertiary/aromatic N) is 2. The second-order valence-corrected chi connectivity index (χ2v) is 5.36. The molecule has 5 heteroatoms. The summed E-state index contributed by atoms with van der Waals surface area (Å²) in [5.74, 6) is 1.56. The van der Waals surface area contributed by atoms with Gasteiger partial charge >= 0.3 is 0 Å². The normalized spacial score (nSPS) is 15.2. The van der Waals surface area contributed by atoms with E-state index in [4.69, 9.17) is 9.15 Å². The van der Waals surface area contributed by atoms with Gasteiger partial charge in [0.25, 0.3) is 0 Å². The van der Waals surface area contributed by atoms with Crippen LogP contribution in [0.5, 0.6) is 5.75 Å². The highest BCUT2D eigenvalue weighted by Gasteiger charge is 2.20. The number of piperazine rings is 1. The average molecular weight is 312 g/mol. The lowest BCUT2D eigenvalue weighted by Crippen LogP contribution is -2.48. The van der Waals surface area contributed by atoms with Crippen LogP contribution in [-0.2, 0) is 4.79 Å². The van der Waals surface area contributed by atoms with Crippen molar-refractivity contribution < 1.29 is 13.9 Å². The molecule has 0 bridgehead atoms. The Balaban J connectivity index is 1.56. The lowest BCUT2D eigenvalue weighted by atomic mass is 10.2. The van der Waals surface area contributed by atoms with E-state index in [1.807, 2.05) is 29.2 Å². The van der Waals surface area contributed by atoms with Crippen molar-refractivity contribution >= 4 is 17.7 Å². The SMILES string of the molecule is COc1cccc(N2CCN(C(=O)/C=C/c3ccco3)CC2)c1. The summed E-state index contributed by atoms with van der Waals surface area (Å²) in [7, 11) is 1.67. The van der Waals surface area contributed by atoms with Crippen molar-refractivity contribution in [1.29, 1.82) is 0 Å². The van der Waals surface area contributed by atoms with E-state index >= 15 is 0 Å². The van der Waals surface area contributed by atoms with E-state index in [1.54, 1.807) is 31.6 Å². The van der Waals surface area contributed by atoms with E-state index in [-0.39, 0.29) is 5.91 Å². The Kier molecular flexibility index (Phi) is 4.66. The molecule has 0 aliphatic carbocycles. The van der Waals surface area contributed by atoms with E-state index in [9.17, 15) is 4.79 Å². The quantitative estimate of drug-likeness (QED) is 0.814. The van der Waals surface area contributed by atoms with E-state index in [2.05, 4.69) is 11.0 Å². The highest BCUT2D eigenvalue weighted by Crippen LogP contribution is 2.22. The van der Waals surface area contributed by atoms with Crippen molar-refractivity contribution in [2.45, 2.75) is 0 Å². The van der Waals surface area contributed by atoms with E-state index in [0.29, 0.717) is 18.8 Å². The van der Waals surface area contributed by atoms with Crippen LogP contribution in [0.25, 0.3) is 6.08 Å². The van der Waals surface area contributed by atoms with Crippen LogP contribution >= 0.6 is 0 Å². The Labute approximate surface area is 135 Å². The second-order valence-electron chi connectivity index (χ2n) is 5.36. The number of carbonyl (C=O) groups is 1. The first-order chi connectivity index (χ1) is 11.3. The fourth-order valence-electron chi connectivity index (χ4n) is 2.64. The molecule has 1 aromatic carbocycles. The van der Waals surface area contributed by atoms with Gasteiger partial charge in [0.2, 0.25) is 5.91 Å². The van der Waals surface area contributed by atoms with Gasteiger partial charge in [0.1, 0.15) is 11.5 Å². The zero-order chi connectivity index (χ0) is 16.1. The minimum atomic E-state index is 0.0201. The maximum Gasteiger partial charge on any atom is 0.246 e. The van der Waals surface area contributed by atoms with Crippen LogP contribution in [0.1, 0.15) is 5.76 Å². The molecule has 1 saturated heterocycles. The second kappa shape index (κ2) is 7.05. The number of rotatable bonds is 4. The summed E-state index contributed by atoms with van der Waals surface area (Å²) in [6.07, 6.45) is 4.87. The number of carbonyl (C=O) groups excluding carboxylic acids is 1. The van der Waals surface area contributed by atoms with Crippen molar-refractivity contribution in [3.05, 3.63) is 54.5 Å². The molecular formula is C18H20N2O3. The summed E-state index contributed by atoms with van der Waals surface area (Å²) in [5, 5.41) is 0. The summed E-state index contributed by atoms with van der Waals surface area (Å²) < 4.78 is 10.5. The van der Waals surface area contributed by atoms with Crippen molar-refractivity contribution in [1.82, 2.24) is 4.90 Å². The topological polar surface area (TPSA) is 45.9 Å². The molecule has 0 atom stereocenters. The zero-order valence-electron chi connectivity index (χ0n) is 13.1. The molecule has 3 rings (SSSR count). The number of amides is 1. The Morgan fingerprint density at radius 3 is 2.70 bits per heavy atom. The molecule has 0 unspecified atom stereocenters. The molecular weight excluding hydrogens is 292 g/mol. The van der Waals surface area contributed by atoms with Gasteiger partial charge in [-0.05, 0) is 30.3 Å². The largest absolute Gasteiger partial charge is 0.497 e. The first kappa shape index (κ1) is 15.2. The Morgan fingerprint density at radius 1 is 1.17 bits per heavy atom. The number of methoxy groups -OCH3 is 1. The number of ether oxygens (including phenoxy) is 1. The number of hydrogen-bond donors (Lipinski definition) is 0. The predicted octanol–water partition coefficient (Wildman–Crippen LogP) is 2.65. The number of furan rings is 1. The third-order valence-electron chi connectivity index (χ3n) is 3.94. The monoisotopic (exact) mass is 312 g/mol. The third-order valence-corrected chi connectivity index (χ3v) is 3.94.